The van der Waals surface area contributed by atoms with Crippen molar-refractivity contribution in [2.75, 3.05) is 20.7 Å². The molecule has 2 atom stereocenters. The molecule has 0 amide bonds. The molecule has 116 valence electrons. The maximum Gasteiger partial charge on any atom is 0.176 e. The minimum Gasteiger partial charge on any atom is -0.495 e. The van der Waals surface area contributed by atoms with Gasteiger partial charge in [-0.2, -0.15) is 0 Å². The summed E-state index contributed by atoms with van der Waals surface area (Å²) in [5.41, 5.74) is 0.650. The second kappa shape index (κ2) is 7.28. The van der Waals surface area contributed by atoms with Crippen LogP contribution in [0.3, 0.4) is 0 Å². The van der Waals surface area contributed by atoms with Crippen molar-refractivity contribution in [2.45, 2.75) is 38.6 Å². The molecule has 2 rings (SSSR count). The summed E-state index contributed by atoms with van der Waals surface area (Å²) in [5, 5.41) is 0.484. The van der Waals surface area contributed by atoms with Gasteiger partial charge in [-0.3, -0.25) is 9.69 Å². The van der Waals surface area contributed by atoms with Gasteiger partial charge in [0.2, 0.25) is 0 Å². The average Bonchev–Trinajstić information content (AvgIpc) is 2.47. The predicted octanol–water partition coefficient (Wildman–Crippen LogP) is 4.04. The van der Waals surface area contributed by atoms with Crippen LogP contribution in [-0.4, -0.2) is 37.4 Å². The Morgan fingerprint density at radius 2 is 2.19 bits per heavy atom. The first-order chi connectivity index (χ1) is 10.0. The highest BCUT2D eigenvalue weighted by atomic mass is 35.5. The van der Waals surface area contributed by atoms with Gasteiger partial charge in [-0.15, -0.1) is 0 Å². The number of halogens is 1. The van der Waals surface area contributed by atoms with Crippen LogP contribution in [0.15, 0.2) is 18.2 Å². The topological polar surface area (TPSA) is 29.5 Å². The molecule has 1 saturated carbocycles. The number of ether oxygens (including phenoxy) is 1. The van der Waals surface area contributed by atoms with Gasteiger partial charge >= 0.3 is 0 Å². The Hall–Kier alpha value is -1.06. The van der Waals surface area contributed by atoms with Gasteiger partial charge in [-0.05, 0) is 44.0 Å². The fourth-order valence-electron chi connectivity index (χ4n) is 3.09. The molecule has 0 radical (unpaired) electrons. The SMILES string of the molecule is COc1ccc(C(=O)CN(C)C2CCCC(C)C2)cc1Cl. The molecule has 0 N–H and O–H groups in total. The van der Waals surface area contributed by atoms with Crippen molar-refractivity contribution in [3.05, 3.63) is 28.8 Å². The van der Waals surface area contributed by atoms with E-state index in [2.05, 4.69) is 11.8 Å². The van der Waals surface area contributed by atoms with Crippen molar-refractivity contribution in [3.63, 3.8) is 0 Å². The number of ketones is 1. The molecule has 0 heterocycles. The summed E-state index contributed by atoms with van der Waals surface area (Å²) in [4.78, 5) is 14.6. The predicted molar refractivity (Wildman–Crippen MR) is 86.4 cm³/mol. The molecular weight excluding hydrogens is 286 g/mol. The number of carbonyl (C=O) groups is 1. The van der Waals surface area contributed by atoms with Crippen LogP contribution in [0.5, 0.6) is 5.75 Å². The number of rotatable bonds is 5. The van der Waals surface area contributed by atoms with Gasteiger partial charge in [0, 0.05) is 11.6 Å². The van der Waals surface area contributed by atoms with Crippen molar-refractivity contribution in [1.29, 1.82) is 0 Å². The zero-order valence-electron chi connectivity index (χ0n) is 13.1. The highest BCUT2D eigenvalue weighted by molar-refractivity contribution is 6.32. The Labute approximate surface area is 132 Å². The zero-order chi connectivity index (χ0) is 15.4. The van der Waals surface area contributed by atoms with Crippen molar-refractivity contribution < 1.29 is 9.53 Å². The smallest absolute Gasteiger partial charge is 0.176 e. The maximum atomic E-state index is 12.4. The third-order valence-electron chi connectivity index (χ3n) is 4.40. The molecule has 3 nitrogen and oxygen atoms in total. The normalized spacial score (nSPS) is 22.3. The van der Waals surface area contributed by atoms with E-state index >= 15 is 0 Å². The summed E-state index contributed by atoms with van der Waals surface area (Å²) >= 11 is 6.09. The average molecular weight is 310 g/mol. The Morgan fingerprint density at radius 1 is 1.43 bits per heavy atom. The lowest BCUT2D eigenvalue weighted by molar-refractivity contribution is 0.0882. The van der Waals surface area contributed by atoms with Crippen LogP contribution in [0.2, 0.25) is 5.02 Å². The maximum absolute atomic E-state index is 12.4. The number of hydrogen-bond acceptors (Lipinski definition) is 3. The van der Waals surface area contributed by atoms with Gasteiger partial charge < -0.3 is 4.74 Å². The Morgan fingerprint density at radius 3 is 2.81 bits per heavy atom. The second-order valence-corrected chi connectivity index (χ2v) is 6.52. The Balaban J connectivity index is 1.98. The van der Waals surface area contributed by atoms with E-state index in [0.717, 1.165) is 5.92 Å². The van der Waals surface area contributed by atoms with Gasteiger partial charge in [0.1, 0.15) is 5.75 Å². The highest BCUT2D eigenvalue weighted by Gasteiger charge is 2.24. The van der Waals surface area contributed by atoms with E-state index in [-0.39, 0.29) is 5.78 Å². The van der Waals surface area contributed by atoms with Crippen LogP contribution in [-0.2, 0) is 0 Å². The molecule has 21 heavy (non-hydrogen) atoms. The lowest BCUT2D eigenvalue weighted by Crippen LogP contribution is -2.38. The molecular formula is C17H24ClNO2. The van der Waals surface area contributed by atoms with Crippen LogP contribution in [0.1, 0.15) is 43.0 Å². The summed E-state index contributed by atoms with van der Waals surface area (Å²) in [7, 11) is 3.62. The molecule has 0 aliphatic heterocycles. The number of hydrogen-bond donors (Lipinski definition) is 0. The standard InChI is InChI=1S/C17H24ClNO2/c1-12-5-4-6-14(9-12)19(2)11-16(20)13-7-8-17(21-3)15(18)10-13/h7-8,10,12,14H,4-6,9,11H2,1-3H3. The van der Waals surface area contributed by atoms with Crippen LogP contribution < -0.4 is 4.74 Å². The number of Topliss-reactive ketones (excluding diaryl/α,β-unsaturated/α-hetero) is 1. The number of benzene rings is 1. The summed E-state index contributed by atoms with van der Waals surface area (Å²) in [6.07, 6.45) is 4.95. The fourth-order valence-corrected chi connectivity index (χ4v) is 3.35. The zero-order valence-corrected chi connectivity index (χ0v) is 13.8. The minimum atomic E-state index is 0.111. The first-order valence-corrected chi connectivity index (χ1v) is 7.96. The molecule has 1 fully saturated rings. The van der Waals surface area contributed by atoms with Gasteiger partial charge in [0.05, 0.1) is 18.7 Å². The van der Waals surface area contributed by atoms with E-state index in [1.165, 1.54) is 25.7 Å². The lowest BCUT2D eigenvalue weighted by atomic mass is 9.86. The van der Waals surface area contributed by atoms with Gasteiger partial charge in [-0.25, -0.2) is 0 Å². The molecule has 1 aliphatic carbocycles. The minimum absolute atomic E-state index is 0.111. The van der Waals surface area contributed by atoms with Crippen molar-refractivity contribution in [1.82, 2.24) is 4.90 Å². The largest absolute Gasteiger partial charge is 0.495 e. The molecule has 0 bridgehead atoms. The first kappa shape index (κ1) is 16.3. The van der Waals surface area contributed by atoms with Crippen molar-refractivity contribution >= 4 is 17.4 Å². The monoisotopic (exact) mass is 309 g/mol. The third kappa shape index (κ3) is 4.21. The Bertz CT molecular complexity index is 504. The summed E-state index contributed by atoms with van der Waals surface area (Å²) in [5.74, 6) is 1.47. The Kier molecular flexibility index (Phi) is 5.65. The van der Waals surface area contributed by atoms with Gasteiger partial charge in [-0.1, -0.05) is 31.4 Å². The summed E-state index contributed by atoms with van der Waals surface area (Å²) in [6, 6.07) is 5.74. The molecule has 2 unspecified atom stereocenters. The molecule has 0 saturated heterocycles. The van der Waals surface area contributed by atoms with Crippen molar-refractivity contribution in [2.24, 2.45) is 5.92 Å². The van der Waals surface area contributed by atoms with E-state index in [1.807, 2.05) is 7.05 Å². The number of carbonyl (C=O) groups excluding carboxylic acids is 1. The second-order valence-electron chi connectivity index (χ2n) is 6.11. The van der Waals surface area contributed by atoms with Gasteiger partial charge in [0.15, 0.2) is 5.78 Å². The molecule has 0 aromatic heterocycles. The van der Waals surface area contributed by atoms with Crippen molar-refractivity contribution in [3.8, 4) is 5.75 Å². The molecule has 0 spiro atoms. The van der Waals surface area contributed by atoms with E-state index in [9.17, 15) is 4.79 Å². The summed E-state index contributed by atoms with van der Waals surface area (Å²) < 4.78 is 5.11. The molecule has 1 aromatic rings. The van der Waals surface area contributed by atoms with E-state index in [1.54, 1.807) is 25.3 Å². The van der Waals surface area contributed by atoms with E-state index < -0.39 is 0 Å². The summed E-state index contributed by atoms with van der Waals surface area (Å²) in [6.45, 7) is 2.74. The molecule has 1 aliphatic rings. The lowest BCUT2D eigenvalue weighted by Gasteiger charge is -2.33. The van der Waals surface area contributed by atoms with E-state index in [4.69, 9.17) is 16.3 Å². The number of methoxy groups -OCH3 is 1. The number of nitrogens with zero attached hydrogens (tertiary/aromatic N) is 1. The molecule has 1 aromatic carbocycles. The number of likely N-dealkylation sites (N-methyl/N-ethyl adjacent to an activating group) is 1. The van der Waals surface area contributed by atoms with Gasteiger partial charge in [0.25, 0.3) is 0 Å². The van der Waals surface area contributed by atoms with Crippen LogP contribution in [0.4, 0.5) is 0 Å². The highest BCUT2D eigenvalue weighted by Crippen LogP contribution is 2.28. The van der Waals surface area contributed by atoms with Crippen LogP contribution in [0.25, 0.3) is 0 Å². The quantitative estimate of drug-likeness (QED) is 0.769. The van der Waals surface area contributed by atoms with E-state index in [0.29, 0.717) is 28.9 Å². The fraction of sp³-hybridized carbons (Fsp3) is 0.588. The molecule has 4 heteroatoms. The van der Waals surface area contributed by atoms with Crippen LogP contribution in [0, 0.1) is 5.92 Å². The first-order valence-electron chi connectivity index (χ1n) is 7.58. The third-order valence-corrected chi connectivity index (χ3v) is 4.69. The van der Waals surface area contributed by atoms with Crippen LogP contribution >= 0.6 is 11.6 Å².